The summed E-state index contributed by atoms with van der Waals surface area (Å²) < 4.78 is 6.86. The van der Waals surface area contributed by atoms with Crippen molar-refractivity contribution >= 4 is 17.7 Å². The highest BCUT2D eigenvalue weighted by atomic mass is 16.5. The van der Waals surface area contributed by atoms with Gasteiger partial charge in [0, 0.05) is 18.6 Å². The van der Waals surface area contributed by atoms with E-state index in [1.165, 1.54) is 12.7 Å². The zero-order chi connectivity index (χ0) is 24.6. The molecule has 1 aromatic carbocycles. The highest BCUT2D eigenvalue weighted by Gasteiger charge is 2.53. The Morgan fingerprint density at radius 2 is 1.83 bits per heavy atom. The molecule has 2 aromatic rings. The molecule has 2 N–H and O–H groups in total. The Morgan fingerprint density at radius 1 is 1.11 bits per heavy atom. The van der Waals surface area contributed by atoms with Crippen molar-refractivity contribution in [1.29, 1.82) is 0 Å². The van der Waals surface area contributed by atoms with Gasteiger partial charge in [-0.15, -0.1) is 0 Å². The van der Waals surface area contributed by atoms with Crippen molar-refractivity contribution in [1.82, 2.24) is 25.1 Å². The van der Waals surface area contributed by atoms with E-state index in [4.69, 9.17) is 4.74 Å². The van der Waals surface area contributed by atoms with E-state index in [0.717, 1.165) is 49.8 Å². The lowest BCUT2D eigenvalue weighted by molar-refractivity contribution is -0.133. The molecule has 1 aromatic heterocycles. The summed E-state index contributed by atoms with van der Waals surface area (Å²) in [5.41, 5.74) is 0.306. The number of nitrogens with one attached hydrogen (secondary N) is 2. The first kappa shape index (κ1) is 23.4. The summed E-state index contributed by atoms with van der Waals surface area (Å²) in [4.78, 5) is 46.3. The van der Waals surface area contributed by atoms with Crippen LogP contribution < -0.4 is 15.4 Å². The number of amides is 3. The van der Waals surface area contributed by atoms with E-state index in [1.807, 2.05) is 24.3 Å². The normalized spacial score (nSPS) is 22.5. The number of imidazole rings is 1. The number of hydrogen-bond donors (Lipinski definition) is 2. The first-order chi connectivity index (χ1) is 16.9. The van der Waals surface area contributed by atoms with Crippen molar-refractivity contribution in [3.8, 4) is 5.75 Å². The maximum atomic E-state index is 13.7. The lowest BCUT2D eigenvalue weighted by atomic mass is 9.93. The molecule has 0 bridgehead atoms. The summed E-state index contributed by atoms with van der Waals surface area (Å²) in [5, 5.41) is 6.08. The zero-order valence-electron chi connectivity index (χ0n) is 20.4. The van der Waals surface area contributed by atoms with Crippen LogP contribution in [0.4, 0.5) is 0 Å². The average molecular weight is 480 g/mol. The van der Waals surface area contributed by atoms with Crippen LogP contribution in [0.3, 0.4) is 0 Å². The molecular weight excluding hydrogens is 446 g/mol. The van der Waals surface area contributed by atoms with Gasteiger partial charge in [-0.2, -0.15) is 0 Å². The van der Waals surface area contributed by atoms with Crippen LogP contribution in [0.1, 0.15) is 78.4 Å². The van der Waals surface area contributed by atoms with Crippen LogP contribution in [-0.4, -0.2) is 56.9 Å². The number of rotatable bonds is 7. The third-order valence-electron chi connectivity index (χ3n) is 7.44. The van der Waals surface area contributed by atoms with Crippen molar-refractivity contribution in [2.24, 2.45) is 0 Å². The monoisotopic (exact) mass is 479 g/mol. The third-order valence-corrected chi connectivity index (χ3v) is 7.44. The van der Waals surface area contributed by atoms with Gasteiger partial charge < -0.3 is 24.8 Å². The van der Waals surface area contributed by atoms with Crippen molar-refractivity contribution in [3.05, 3.63) is 47.5 Å². The standard InChI is InChI=1S/C26H33N5O4/c1-26(25(34)27-14-17-8-12-20(35-2)13-9-17)15-30-16-28-21(22(30)24(33)31(26)19-10-11-19)23(32)29-18-6-4-3-5-7-18/h8-9,12-13,16,18-19H,3-7,10-11,14-15H2,1-2H3,(H,27,34)(H,29,32)/t26-/m0/s1. The molecule has 35 heavy (non-hydrogen) atoms. The second-order valence-electron chi connectivity index (χ2n) is 10.1. The second-order valence-corrected chi connectivity index (χ2v) is 10.1. The molecule has 1 atom stereocenters. The van der Waals surface area contributed by atoms with E-state index in [2.05, 4.69) is 15.6 Å². The number of hydrogen-bond acceptors (Lipinski definition) is 5. The van der Waals surface area contributed by atoms with E-state index in [0.29, 0.717) is 6.54 Å². The Kier molecular flexibility index (Phi) is 6.25. The van der Waals surface area contributed by atoms with Crippen molar-refractivity contribution in [2.75, 3.05) is 7.11 Å². The quantitative estimate of drug-likeness (QED) is 0.635. The molecule has 1 aliphatic heterocycles. The lowest BCUT2D eigenvalue weighted by Crippen LogP contribution is -2.64. The fourth-order valence-electron chi connectivity index (χ4n) is 5.34. The molecule has 0 spiro atoms. The number of nitrogens with zero attached hydrogens (tertiary/aromatic N) is 3. The summed E-state index contributed by atoms with van der Waals surface area (Å²) in [6.07, 6.45) is 8.53. The van der Waals surface area contributed by atoms with Crippen LogP contribution in [0, 0.1) is 0 Å². The molecule has 9 nitrogen and oxygen atoms in total. The smallest absolute Gasteiger partial charge is 0.274 e. The largest absolute Gasteiger partial charge is 0.497 e. The lowest BCUT2D eigenvalue weighted by Gasteiger charge is -2.44. The fourth-order valence-corrected chi connectivity index (χ4v) is 5.34. The van der Waals surface area contributed by atoms with Crippen LogP contribution in [0.15, 0.2) is 30.6 Å². The topological polar surface area (TPSA) is 106 Å². The molecule has 0 radical (unpaired) electrons. The third kappa shape index (κ3) is 4.51. The van der Waals surface area contributed by atoms with Crippen LogP contribution in [0.25, 0.3) is 0 Å². The Labute approximate surface area is 205 Å². The Morgan fingerprint density at radius 3 is 2.49 bits per heavy atom. The van der Waals surface area contributed by atoms with E-state index in [1.54, 1.807) is 23.5 Å². The van der Waals surface area contributed by atoms with Crippen molar-refractivity contribution in [3.63, 3.8) is 0 Å². The molecule has 0 saturated heterocycles. The number of fused-ring (bicyclic) bond motifs is 1. The van der Waals surface area contributed by atoms with Crippen LogP contribution >= 0.6 is 0 Å². The number of methoxy groups -OCH3 is 1. The number of carbonyl (C=O) groups is 3. The first-order valence-electron chi connectivity index (χ1n) is 12.5. The Hall–Kier alpha value is -3.36. The van der Waals surface area contributed by atoms with E-state index >= 15 is 0 Å². The fraction of sp³-hybridized carbons (Fsp3) is 0.538. The number of benzene rings is 1. The minimum absolute atomic E-state index is 0.00265. The highest BCUT2D eigenvalue weighted by Crippen LogP contribution is 2.39. The van der Waals surface area contributed by atoms with Gasteiger partial charge >= 0.3 is 0 Å². The molecule has 5 rings (SSSR count). The van der Waals surface area contributed by atoms with Crippen molar-refractivity contribution < 1.29 is 19.1 Å². The van der Waals surface area contributed by atoms with Gasteiger partial charge in [-0.3, -0.25) is 14.4 Å². The summed E-state index contributed by atoms with van der Waals surface area (Å²) in [6, 6.07) is 7.62. The molecule has 9 heteroatoms. The van der Waals surface area contributed by atoms with Crippen LogP contribution in [0.2, 0.25) is 0 Å². The predicted molar refractivity (Wildman–Crippen MR) is 129 cm³/mol. The zero-order valence-corrected chi connectivity index (χ0v) is 20.4. The maximum Gasteiger partial charge on any atom is 0.274 e. The molecule has 2 saturated carbocycles. The van der Waals surface area contributed by atoms with Gasteiger partial charge in [-0.05, 0) is 50.3 Å². The van der Waals surface area contributed by atoms with E-state index in [-0.39, 0.29) is 47.7 Å². The Bertz CT molecular complexity index is 1120. The summed E-state index contributed by atoms with van der Waals surface area (Å²) in [5.74, 6) is -0.0728. The minimum atomic E-state index is -1.07. The number of carbonyl (C=O) groups excluding carboxylic acids is 3. The van der Waals surface area contributed by atoms with Crippen LogP contribution in [-0.2, 0) is 17.9 Å². The molecule has 0 unspecified atom stereocenters. The Balaban J connectivity index is 1.35. The molecule has 2 fully saturated rings. The molecular formula is C26H33N5O4. The van der Waals surface area contributed by atoms with Gasteiger partial charge in [0.05, 0.1) is 20.0 Å². The summed E-state index contributed by atoms with van der Waals surface area (Å²) >= 11 is 0. The molecule has 2 aliphatic carbocycles. The molecule has 2 heterocycles. The summed E-state index contributed by atoms with van der Waals surface area (Å²) in [7, 11) is 1.61. The second kappa shape index (κ2) is 9.36. The van der Waals surface area contributed by atoms with Gasteiger partial charge in [0.2, 0.25) is 5.91 Å². The van der Waals surface area contributed by atoms with Gasteiger partial charge in [0.15, 0.2) is 5.69 Å². The first-order valence-corrected chi connectivity index (χ1v) is 12.5. The van der Waals surface area contributed by atoms with Crippen LogP contribution in [0.5, 0.6) is 5.75 Å². The molecule has 186 valence electrons. The highest BCUT2D eigenvalue weighted by molar-refractivity contribution is 6.07. The van der Waals surface area contributed by atoms with Gasteiger partial charge in [0.25, 0.3) is 11.8 Å². The predicted octanol–water partition coefficient (Wildman–Crippen LogP) is 2.65. The van der Waals surface area contributed by atoms with Crippen molar-refractivity contribution in [2.45, 2.75) is 82.6 Å². The van der Waals surface area contributed by atoms with Gasteiger partial charge in [-0.1, -0.05) is 31.4 Å². The van der Waals surface area contributed by atoms with Gasteiger partial charge in [-0.25, -0.2) is 4.98 Å². The van der Waals surface area contributed by atoms with E-state index in [9.17, 15) is 14.4 Å². The minimum Gasteiger partial charge on any atom is -0.497 e. The molecule has 3 aliphatic rings. The van der Waals surface area contributed by atoms with Gasteiger partial charge in [0.1, 0.15) is 17.0 Å². The maximum absolute atomic E-state index is 13.7. The summed E-state index contributed by atoms with van der Waals surface area (Å²) in [6.45, 7) is 2.40. The number of ether oxygens (including phenoxy) is 1. The molecule has 3 amide bonds. The number of aromatic nitrogens is 2. The SMILES string of the molecule is COc1ccc(CNC(=O)[C@]2(C)Cn3cnc(C(=O)NC4CCCCC4)c3C(=O)N2C2CC2)cc1. The average Bonchev–Trinajstić information content (AvgIpc) is 3.60. The van der Waals surface area contributed by atoms with E-state index < -0.39 is 5.54 Å².